The smallest absolute Gasteiger partial charge is 0.340 e. The summed E-state index contributed by atoms with van der Waals surface area (Å²) in [6.07, 6.45) is 5.32. The van der Waals surface area contributed by atoms with Gasteiger partial charge >= 0.3 is 5.97 Å². The quantitative estimate of drug-likeness (QED) is 0.809. The lowest BCUT2D eigenvalue weighted by atomic mass is 10.1. The number of carbonyl (C=O) groups excluding carboxylic acids is 1. The zero-order valence-electron chi connectivity index (χ0n) is 12.2. The second-order valence-electron chi connectivity index (χ2n) is 5.54. The maximum atomic E-state index is 11.8. The molecule has 0 saturated heterocycles. The predicted octanol–water partition coefficient (Wildman–Crippen LogP) is 2.69. The maximum Gasteiger partial charge on any atom is 0.340 e. The third kappa shape index (κ3) is 3.62. The fraction of sp³-hybridized carbons (Fsp3) is 0.600. The van der Waals surface area contributed by atoms with Crippen molar-refractivity contribution in [2.24, 2.45) is 11.8 Å². The van der Waals surface area contributed by atoms with Gasteiger partial charge in [0.05, 0.1) is 24.1 Å². The summed E-state index contributed by atoms with van der Waals surface area (Å²) in [5, 5.41) is 3.30. The van der Waals surface area contributed by atoms with E-state index in [4.69, 9.17) is 10.5 Å². The number of hydrogen-bond acceptors (Lipinski definition) is 5. The summed E-state index contributed by atoms with van der Waals surface area (Å²) < 4.78 is 4.98. The molecule has 2 atom stereocenters. The number of nitrogens with one attached hydrogen (secondary N) is 1. The van der Waals surface area contributed by atoms with Crippen molar-refractivity contribution in [2.45, 2.75) is 33.1 Å². The van der Waals surface area contributed by atoms with Crippen LogP contribution < -0.4 is 11.1 Å². The number of hydrogen-bond donors (Lipinski definition) is 2. The Hall–Kier alpha value is -1.78. The van der Waals surface area contributed by atoms with Crippen LogP contribution in [-0.2, 0) is 4.74 Å². The van der Waals surface area contributed by atoms with Crippen molar-refractivity contribution in [2.75, 3.05) is 24.2 Å². The van der Waals surface area contributed by atoms with Gasteiger partial charge in [-0.15, -0.1) is 0 Å². The minimum atomic E-state index is -0.398. The number of esters is 1. The zero-order valence-corrected chi connectivity index (χ0v) is 12.2. The van der Waals surface area contributed by atoms with Crippen LogP contribution in [0.1, 0.15) is 43.5 Å². The molecule has 110 valence electrons. The van der Waals surface area contributed by atoms with E-state index in [9.17, 15) is 4.79 Å². The van der Waals surface area contributed by atoms with Crippen LogP contribution in [-0.4, -0.2) is 24.1 Å². The zero-order chi connectivity index (χ0) is 14.5. The van der Waals surface area contributed by atoms with Crippen LogP contribution in [0, 0.1) is 11.8 Å². The van der Waals surface area contributed by atoms with Gasteiger partial charge in [-0.3, -0.25) is 0 Å². The number of anilines is 2. The summed E-state index contributed by atoms with van der Waals surface area (Å²) in [6, 6.07) is 1.67. The Morgan fingerprint density at radius 1 is 1.55 bits per heavy atom. The van der Waals surface area contributed by atoms with E-state index in [0.717, 1.165) is 12.5 Å². The Kier molecular flexibility index (Phi) is 4.82. The number of pyridine rings is 1. The Balaban J connectivity index is 1.98. The molecule has 1 fully saturated rings. The van der Waals surface area contributed by atoms with E-state index in [1.165, 1.54) is 25.5 Å². The average molecular weight is 277 g/mol. The fourth-order valence-electron chi connectivity index (χ4n) is 2.71. The van der Waals surface area contributed by atoms with Crippen molar-refractivity contribution < 1.29 is 9.53 Å². The predicted molar refractivity (Wildman–Crippen MR) is 79.6 cm³/mol. The monoisotopic (exact) mass is 277 g/mol. The Bertz CT molecular complexity index is 476. The van der Waals surface area contributed by atoms with E-state index in [0.29, 0.717) is 29.6 Å². The Morgan fingerprint density at radius 3 is 3.00 bits per heavy atom. The third-order valence-corrected chi connectivity index (χ3v) is 3.81. The van der Waals surface area contributed by atoms with Crippen LogP contribution in [0.2, 0.25) is 0 Å². The van der Waals surface area contributed by atoms with Crippen LogP contribution in [0.4, 0.5) is 11.5 Å². The normalized spacial score (nSPS) is 21.7. The maximum absolute atomic E-state index is 11.8. The molecular weight excluding hydrogens is 254 g/mol. The van der Waals surface area contributed by atoms with Crippen LogP contribution in [0.3, 0.4) is 0 Å². The summed E-state index contributed by atoms with van der Waals surface area (Å²) in [6.45, 7) is 5.29. The standard InChI is InChI=1S/C15H23N3O2/c1-3-20-15(19)12-7-14(18-9-13(12)16)17-8-11-5-4-10(2)6-11/h7,9-11H,3-6,8,16H2,1-2H3,(H,17,18). The van der Waals surface area contributed by atoms with Crippen LogP contribution in [0.15, 0.2) is 12.3 Å². The van der Waals surface area contributed by atoms with Crippen LogP contribution in [0.25, 0.3) is 0 Å². The number of rotatable bonds is 5. The lowest BCUT2D eigenvalue weighted by Gasteiger charge is -2.13. The van der Waals surface area contributed by atoms with Gasteiger partial charge in [0.25, 0.3) is 0 Å². The second-order valence-corrected chi connectivity index (χ2v) is 5.54. The third-order valence-electron chi connectivity index (χ3n) is 3.81. The highest BCUT2D eigenvalue weighted by Crippen LogP contribution is 2.30. The molecule has 1 aliphatic rings. The molecule has 5 nitrogen and oxygen atoms in total. The lowest BCUT2D eigenvalue weighted by molar-refractivity contribution is 0.0527. The molecule has 0 bridgehead atoms. The molecule has 1 aromatic heterocycles. The molecular formula is C15H23N3O2. The van der Waals surface area contributed by atoms with Gasteiger partial charge in [0.15, 0.2) is 0 Å². The molecule has 0 spiro atoms. The number of ether oxygens (including phenoxy) is 1. The van der Waals surface area contributed by atoms with Crippen molar-refractivity contribution in [1.82, 2.24) is 4.98 Å². The Morgan fingerprint density at radius 2 is 2.35 bits per heavy atom. The molecule has 1 saturated carbocycles. The molecule has 2 unspecified atom stereocenters. The van der Waals surface area contributed by atoms with Gasteiger partial charge in [-0.2, -0.15) is 0 Å². The molecule has 5 heteroatoms. The summed E-state index contributed by atoms with van der Waals surface area (Å²) in [4.78, 5) is 16.0. The summed E-state index contributed by atoms with van der Waals surface area (Å²) in [5.41, 5.74) is 6.50. The first-order chi connectivity index (χ1) is 9.60. The van der Waals surface area contributed by atoms with Crippen molar-refractivity contribution >= 4 is 17.5 Å². The molecule has 0 aliphatic heterocycles. The van der Waals surface area contributed by atoms with Crippen LogP contribution in [0.5, 0.6) is 0 Å². The van der Waals surface area contributed by atoms with Gasteiger partial charge in [-0.25, -0.2) is 9.78 Å². The molecule has 1 aromatic rings. The van der Waals surface area contributed by atoms with E-state index >= 15 is 0 Å². The van der Waals surface area contributed by atoms with Gasteiger partial charge in [0.2, 0.25) is 0 Å². The topological polar surface area (TPSA) is 77.2 Å². The van der Waals surface area contributed by atoms with Gasteiger partial charge < -0.3 is 15.8 Å². The average Bonchev–Trinajstić information content (AvgIpc) is 2.84. The number of carbonyl (C=O) groups is 1. The minimum Gasteiger partial charge on any atom is -0.462 e. The number of nitrogens with two attached hydrogens (primary N) is 1. The second kappa shape index (κ2) is 6.59. The fourth-order valence-corrected chi connectivity index (χ4v) is 2.71. The van der Waals surface area contributed by atoms with Gasteiger partial charge in [-0.1, -0.05) is 13.3 Å². The SMILES string of the molecule is CCOC(=O)c1cc(NCC2CCC(C)C2)ncc1N. The van der Waals surface area contributed by atoms with E-state index < -0.39 is 5.97 Å². The highest BCUT2D eigenvalue weighted by atomic mass is 16.5. The molecule has 2 rings (SSSR count). The summed E-state index contributed by atoms with van der Waals surface area (Å²) in [7, 11) is 0. The van der Waals surface area contributed by atoms with E-state index in [1.54, 1.807) is 13.0 Å². The minimum absolute atomic E-state index is 0.337. The molecule has 20 heavy (non-hydrogen) atoms. The van der Waals surface area contributed by atoms with Crippen LogP contribution >= 0.6 is 0 Å². The number of aromatic nitrogens is 1. The number of nitrogens with zero attached hydrogens (tertiary/aromatic N) is 1. The van der Waals surface area contributed by atoms with E-state index in [2.05, 4.69) is 17.2 Å². The molecule has 1 aliphatic carbocycles. The highest BCUT2D eigenvalue weighted by molar-refractivity contribution is 5.95. The molecule has 0 amide bonds. The van der Waals surface area contributed by atoms with Gasteiger partial charge in [0, 0.05) is 6.54 Å². The number of nitrogen functional groups attached to an aromatic ring is 1. The first-order valence-electron chi connectivity index (χ1n) is 7.26. The van der Waals surface area contributed by atoms with Gasteiger partial charge in [-0.05, 0) is 37.7 Å². The van der Waals surface area contributed by atoms with E-state index in [-0.39, 0.29) is 0 Å². The van der Waals surface area contributed by atoms with E-state index in [1.807, 2.05) is 0 Å². The molecule has 0 aromatic carbocycles. The summed E-state index contributed by atoms with van der Waals surface area (Å²) in [5.74, 6) is 1.79. The highest BCUT2D eigenvalue weighted by Gasteiger charge is 2.21. The van der Waals surface area contributed by atoms with Crippen molar-refractivity contribution in [3.63, 3.8) is 0 Å². The van der Waals surface area contributed by atoms with Gasteiger partial charge in [0.1, 0.15) is 5.82 Å². The first kappa shape index (κ1) is 14.6. The molecule has 0 radical (unpaired) electrons. The van der Waals surface area contributed by atoms with Crippen molar-refractivity contribution in [3.05, 3.63) is 17.8 Å². The lowest BCUT2D eigenvalue weighted by Crippen LogP contribution is -2.14. The molecule has 3 N–H and O–H groups in total. The van der Waals surface area contributed by atoms with Crippen molar-refractivity contribution in [3.8, 4) is 0 Å². The summed E-state index contributed by atoms with van der Waals surface area (Å²) >= 11 is 0. The first-order valence-corrected chi connectivity index (χ1v) is 7.26. The Labute approximate surface area is 119 Å². The van der Waals surface area contributed by atoms with Crippen molar-refractivity contribution in [1.29, 1.82) is 0 Å². The largest absolute Gasteiger partial charge is 0.462 e. The molecule has 1 heterocycles.